The van der Waals surface area contributed by atoms with Gasteiger partial charge in [0.05, 0.1) is 12.1 Å². The number of alkyl carbamates (subject to hydrolysis) is 1. The quantitative estimate of drug-likeness (QED) is 0.788. The second-order valence-electron chi connectivity index (χ2n) is 6.21. The highest BCUT2D eigenvalue weighted by Gasteiger charge is 2.29. The van der Waals surface area contributed by atoms with E-state index < -0.39 is 17.7 Å². The predicted molar refractivity (Wildman–Crippen MR) is 76.6 cm³/mol. The molecule has 1 aliphatic heterocycles. The van der Waals surface area contributed by atoms with Crippen LogP contribution in [0.2, 0.25) is 0 Å². The van der Waals surface area contributed by atoms with E-state index in [1.54, 1.807) is 27.7 Å². The van der Waals surface area contributed by atoms with Gasteiger partial charge in [-0.25, -0.2) is 4.79 Å². The number of rotatable bonds is 5. The molecular formula is C15H25NO4. The van der Waals surface area contributed by atoms with Crippen molar-refractivity contribution in [3.8, 4) is 0 Å². The first-order chi connectivity index (χ1) is 9.19. The summed E-state index contributed by atoms with van der Waals surface area (Å²) in [5.41, 5.74) is -0.172. The Hall–Kier alpha value is -1.36. The molecule has 1 amide bonds. The summed E-state index contributed by atoms with van der Waals surface area (Å²) < 4.78 is 10.7. The molecule has 0 radical (unpaired) electrons. The molecule has 0 aromatic carbocycles. The van der Waals surface area contributed by atoms with Gasteiger partial charge < -0.3 is 14.8 Å². The summed E-state index contributed by atoms with van der Waals surface area (Å²) >= 11 is 0. The van der Waals surface area contributed by atoms with Crippen LogP contribution in [0.1, 0.15) is 47.0 Å². The fourth-order valence-corrected chi connectivity index (χ4v) is 2.07. The van der Waals surface area contributed by atoms with Crippen molar-refractivity contribution in [3.05, 3.63) is 12.2 Å². The van der Waals surface area contributed by atoms with E-state index in [4.69, 9.17) is 9.47 Å². The number of nitrogens with one attached hydrogen (secondary N) is 1. The van der Waals surface area contributed by atoms with E-state index in [2.05, 4.69) is 11.9 Å². The van der Waals surface area contributed by atoms with Crippen LogP contribution in [0.3, 0.4) is 0 Å². The average Bonchev–Trinajstić information content (AvgIpc) is 2.77. The fraction of sp³-hybridized carbons (Fsp3) is 0.733. The topological polar surface area (TPSA) is 64.6 Å². The number of hydrogen-bond acceptors (Lipinski definition) is 4. The molecule has 5 heteroatoms. The van der Waals surface area contributed by atoms with Gasteiger partial charge in [-0.3, -0.25) is 4.79 Å². The molecule has 0 aliphatic carbocycles. The summed E-state index contributed by atoms with van der Waals surface area (Å²) in [6.07, 6.45) is 1.79. The average molecular weight is 283 g/mol. The van der Waals surface area contributed by atoms with Crippen molar-refractivity contribution < 1.29 is 19.1 Å². The van der Waals surface area contributed by atoms with Gasteiger partial charge in [-0.15, -0.1) is 0 Å². The second-order valence-corrected chi connectivity index (χ2v) is 6.21. The van der Waals surface area contributed by atoms with Gasteiger partial charge in [-0.2, -0.15) is 0 Å². The van der Waals surface area contributed by atoms with Gasteiger partial charge in [0.2, 0.25) is 0 Å². The van der Waals surface area contributed by atoms with Gasteiger partial charge in [-0.05, 0) is 46.1 Å². The number of ketones is 1. The maximum Gasteiger partial charge on any atom is 0.408 e. The summed E-state index contributed by atoms with van der Waals surface area (Å²) in [7, 11) is 0. The molecule has 1 fully saturated rings. The molecule has 114 valence electrons. The van der Waals surface area contributed by atoms with Crippen molar-refractivity contribution in [2.75, 3.05) is 6.61 Å². The summed E-state index contributed by atoms with van der Waals surface area (Å²) in [5.74, 6) is -0.175. The molecule has 20 heavy (non-hydrogen) atoms. The summed E-state index contributed by atoms with van der Waals surface area (Å²) in [4.78, 5) is 23.9. The molecule has 0 spiro atoms. The van der Waals surface area contributed by atoms with E-state index in [1.165, 1.54) is 0 Å². The van der Waals surface area contributed by atoms with Crippen LogP contribution in [0.15, 0.2) is 12.2 Å². The largest absolute Gasteiger partial charge is 0.444 e. The minimum Gasteiger partial charge on any atom is -0.444 e. The Labute approximate surface area is 120 Å². The van der Waals surface area contributed by atoms with Crippen LogP contribution in [0, 0.1) is 0 Å². The van der Waals surface area contributed by atoms with E-state index in [9.17, 15) is 9.59 Å². The van der Waals surface area contributed by atoms with Crippen LogP contribution in [0.4, 0.5) is 4.79 Å². The van der Waals surface area contributed by atoms with Gasteiger partial charge in [0.25, 0.3) is 0 Å². The minimum atomic E-state index is -0.634. The van der Waals surface area contributed by atoms with E-state index in [0.717, 1.165) is 12.8 Å². The van der Waals surface area contributed by atoms with Crippen molar-refractivity contribution in [3.63, 3.8) is 0 Å². The number of carbonyl (C=O) groups excluding carboxylic acids is 2. The third-order valence-electron chi connectivity index (χ3n) is 2.95. The van der Waals surface area contributed by atoms with Crippen LogP contribution in [-0.4, -0.2) is 36.2 Å². The zero-order valence-corrected chi connectivity index (χ0v) is 12.8. The standard InChI is InChI=1S/C15H25NO4/c1-10(2)13(17)12(9-11-7-6-8-19-11)16-14(18)20-15(3,4)5/h11-12H,1,6-9H2,2-5H3,(H,16,18)/t11-,12+/m1/s1. The van der Waals surface area contributed by atoms with Crippen molar-refractivity contribution >= 4 is 11.9 Å². The maximum atomic E-state index is 12.1. The third kappa shape index (κ3) is 5.74. The molecule has 5 nitrogen and oxygen atoms in total. The van der Waals surface area contributed by atoms with Crippen LogP contribution in [0.5, 0.6) is 0 Å². The lowest BCUT2D eigenvalue weighted by molar-refractivity contribution is -0.118. The summed E-state index contributed by atoms with van der Waals surface area (Å²) in [6.45, 7) is 11.3. The number of ether oxygens (including phenoxy) is 2. The van der Waals surface area contributed by atoms with Crippen LogP contribution >= 0.6 is 0 Å². The Bertz CT molecular complexity index is 378. The van der Waals surface area contributed by atoms with Crippen molar-refractivity contribution in [2.24, 2.45) is 0 Å². The Balaban J connectivity index is 2.64. The molecule has 1 N–H and O–H groups in total. The molecular weight excluding hydrogens is 258 g/mol. The van der Waals surface area contributed by atoms with Crippen molar-refractivity contribution in [1.29, 1.82) is 0 Å². The monoisotopic (exact) mass is 283 g/mol. The first-order valence-corrected chi connectivity index (χ1v) is 7.00. The molecule has 1 heterocycles. The summed E-state index contributed by atoms with van der Waals surface area (Å²) in [6, 6.07) is -0.634. The molecule has 0 bridgehead atoms. The molecule has 0 aromatic heterocycles. The third-order valence-corrected chi connectivity index (χ3v) is 2.95. The molecule has 1 aliphatic rings. The summed E-state index contributed by atoms with van der Waals surface area (Å²) in [5, 5.41) is 2.63. The first kappa shape index (κ1) is 16.7. The van der Waals surface area contributed by atoms with E-state index >= 15 is 0 Å². The van der Waals surface area contributed by atoms with Gasteiger partial charge in [0.15, 0.2) is 5.78 Å². The molecule has 2 atom stereocenters. The smallest absolute Gasteiger partial charge is 0.408 e. The van der Waals surface area contributed by atoms with Gasteiger partial charge in [0.1, 0.15) is 5.60 Å². The SMILES string of the molecule is C=C(C)C(=O)[C@H](C[C@H]1CCCO1)NC(=O)OC(C)(C)C. The van der Waals surface area contributed by atoms with Gasteiger partial charge >= 0.3 is 6.09 Å². The minimum absolute atomic E-state index is 0.0123. The van der Waals surface area contributed by atoms with E-state index in [-0.39, 0.29) is 11.9 Å². The van der Waals surface area contributed by atoms with Crippen molar-refractivity contribution in [2.45, 2.75) is 64.7 Å². The van der Waals surface area contributed by atoms with E-state index in [0.29, 0.717) is 18.6 Å². The van der Waals surface area contributed by atoms with Crippen LogP contribution in [0.25, 0.3) is 0 Å². The van der Waals surface area contributed by atoms with Gasteiger partial charge in [-0.1, -0.05) is 6.58 Å². The van der Waals surface area contributed by atoms with Crippen LogP contribution < -0.4 is 5.32 Å². The number of hydrogen-bond donors (Lipinski definition) is 1. The lowest BCUT2D eigenvalue weighted by Crippen LogP contribution is -2.45. The highest BCUT2D eigenvalue weighted by Crippen LogP contribution is 2.19. The Morgan fingerprint density at radius 2 is 2.10 bits per heavy atom. The fourth-order valence-electron chi connectivity index (χ4n) is 2.07. The molecule has 0 saturated carbocycles. The Morgan fingerprint density at radius 1 is 1.45 bits per heavy atom. The Kier molecular flexibility index (Phi) is 5.74. The zero-order chi connectivity index (χ0) is 15.3. The molecule has 1 saturated heterocycles. The van der Waals surface area contributed by atoms with Crippen LogP contribution in [-0.2, 0) is 14.3 Å². The molecule has 0 unspecified atom stereocenters. The normalized spacial score (nSPS) is 20.3. The first-order valence-electron chi connectivity index (χ1n) is 7.00. The van der Waals surface area contributed by atoms with Crippen molar-refractivity contribution in [1.82, 2.24) is 5.32 Å². The second kappa shape index (κ2) is 6.88. The highest BCUT2D eigenvalue weighted by atomic mass is 16.6. The zero-order valence-electron chi connectivity index (χ0n) is 12.8. The highest BCUT2D eigenvalue weighted by molar-refractivity contribution is 5.99. The molecule has 1 rings (SSSR count). The van der Waals surface area contributed by atoms with E-state index in [1.807, 2.05) is 0 Å². The predicted octanol–water partition coefficient (Wildman–Crippen LogP) is 2.59. The lowest BCUT2D eigenvalue weighted by atomic mass is 9.99. The molecule has 0 aromatic rings. The number of carbonyl (C=O) groups is 2. The maximum absolute atomic E-state index is 12.1. The number of amides is 1. The Morgan fingerprint density at radius 3 is 2.55 bits per heavy atom. The van der Waals surface area contributed by atoms with Gasteiger partial charge in [0, 0.05) is 13.0 Å². The number of Topliss-reactive ketones (excluding diaryl/α,β-unsaturated/α-hetero) is 1. The lowest BCUT2D eigenvalue weighted by Gasteiger charge is -2.24.